The van der Waals surface area contributed by atoms with Crippen LogP contribution in [0.4, 0.5) is 13.2 Å². The number of halogens is 3. The molecular weight excluding hydrogens is 351 g/mol. The third kappa shape index (κ3) is 3.24. The van der Waals surface area contributed by atoms with Gasteiger partial charge in [0.1, 0.15) is 0 Å². The van der Waals surface area contributed by atoms with Crippen molar-refractivity contribution in [2.24, 2.45) is 0 Å². The number of hydrogen-bond donors (Lipinski definition) is 2. The number of aromatic nitrogens is 2. The van der Waals surface area contributed by atoms with Gasteiger partial charge in [0.2, 0.25) is 0 Å². The van der Waals surface area contributed by atoms with Gasteiger partial charge in [0, 0.05) is 22.7 Å². The van der Waals surface area contributed by atoms with Crippen molar-refractivity contribution < 1.29 is 13.2 Å². The SMILES string of the molecule is CC1=C(C#N)C(c2cc3[nH]ncc3s2)C(C#N)=C(CCC(F)(F)F)N1. The lowest BCUT2D eigenvalue weighted by Gasteiger charge is -2.27. The summed E-state index contributed by atoms with van der Waals surface area (Å²) in [5, 5.41) is 28.6. The quantitative estimate of drug-likeness (QED) is 0.854. The molecule has 0 fully saturated rings. The van der Waals surface area contributed by atoms with Gasteiger partial charge >= 0.3 is 6.18 Å². The van der Waals surface area contributed by atoms with E-state index in [1.807, 2.05) is 6.07 Å². The second-order valence-corrected chi connectivity index (χ2v) is 6.74. The fourth-order valence-corrected chi connectivity index (χ4v) is 3.94. The van der Waals surface area contributed by atoms with E-state index in [-0.39, 0.29) is 17.7 Å². The summed E-state index contributed by atoms with van der Waals surface area (Å²) >= 11 is 1.36. The Morgan fingerprint density at radius 1 is 1.28 bits per heavy atom. The lowest BCUT2D eigenvalue weighted by molar-refractivity contribution is -0.134. The van der Waals surface area contributed by atoms with Gasteiger partial charge in [0.15, 0.2) is 0 Å². The van der Waals surface area contributed by atoms with Crippen molar-refractivity contribution in [2.75, 3.05) is 0 Å². The van der Waals surface area contributed by atoms with Crippen LogP contribution in [0.3, 0.4) is 0 Å². The van der Waals surface area contributed by atoms with Crippen molar-refractivity contribution in [3.8, 4) is 12.1 Å². The third-order valence-electron chi connectivity index (χ3n) is 3.98. The van der Waals surface area contributed by atoms with Crippen LogP contribution in [-0.4, -0.2) is 16.4 Å². The first-order chi connectivity index (χ1) is 11.8. The molecule has 0 amide bonds. The molecule has 2 aromatic rings. The number of nitrogens with one attached hydrogen (secondary N) is 2. The number of dihydropyridines is 1. The van der Waals surface area contributed by atoms with Crippen LogP contribution in [0.2, 0.25) is 0 Å². The number of hydrogen-bond acceptors (Lipinski definition) is 5. The summed E-state index contributed by atoms with van der Waals surface area (Å²) in [6, 6.07) is 5.88. The Morgan fingerprint density at radius 2 is 2.00 bits per heavy atom. The number of thiophene rings is 1. The second-order valence-electron chi connectivity index (χ2n) is 5.62. The minimum atomic E-state index is -4.32. The number of nitrogens with zero attached hydrogens (tertiary/aromatic N) is 3. The van der Waals surface area contributed by atoms with Gasteiger partial charge in [0.25, 0.3) is 0 Å². The van der Waals surface area contributed by atoms with Crippen molar-refractivity contribution in [1.82, 2.24) is 15.5 Å². The molecule has 1 aliphatic heterocycles. The van der Waals surface area contributed by atoms with Crippen molar-refractivity contribution >= 4 is 21.6 Å². The maximum absolute atomic E-state index is 12.6. The molecule has 1 unspecified atom stereocenters. The highest BCUT2D eigenvalue weighted by molar-refractivity contribution is 7.19. The van der Waals surface area contributed by atoms with Crippen LogP contribution in [0.25, 0.3) is 10.2 Å². The molecule has 3 heterocycles. The summed E-state index contributed by atoms with van der Waals surface area (Å²) in [4.78, 5) is 0.724. The Morgan fingerprint density at radius 3 is 2.60 bits per heavy atom. The summed E-state index contributed by atoms with van der Waals surface area (Å²) < 4.78 is 38.6. The molecule has 0 saturated carbocycles. The maximum Gasteiger partial charge on any atom is 0.389 e. The van der Waals surface area contributed by atoms with E-state index in [9.17, 15) is 23.7 Å². The number of aromatic amines is 1. The monoisotopic (exact) mass is 363 g/mol. The van der Waals surface area contributed by atoms with Crippen LogP contribution in [-0.2, 0) is 0 Å². The summed E-state index contributed by atoms with van der Waals surface area (Å²) in [5.41, 5.74) is 1.95. The van der Waals surface area contributed by atoms with E-state index in [1.165, 1.54) is 11.3 Å². The van der Waals surface area contributed by atoms with Crippen LogP contribution < -0.4 is 5.32 Å². The van der Waals surface area contributed by atoms with Crippen LogP contribution in [0, 0.1) is 22.7 Å². The molecule has 1 aliphatic rings. The van der Waals surface area contributed by atoms with Crippen LogP contribution in [0.5, 0.6) is 0 Å². The zero-order valence-corrected chi connectivity index (χ0v) is 13.8. The van der Waals surface area contributed by atoms with Gasteiger partial charge in [-0.15, -0.1) is 11.3 Å². The standard InChI is InChI=1S/C16H12F3N5S/c1-8-9(5-20)15(13-4-12-14(25-13)7-22-24-12)10(6-21)11(23-8)2-3-16(17,18)19/h4,7,15,23H,2-3H2,1H3,(H,22,24). The minimum Gasteiger partial charge on any atom is -0.361 e. The molecule has 0 aromatic carbocycles. The second kappa shape index (κ2) is 6.26. The van der Waals surface area contributed by atoms with Crippen molar-refractivity contribution in [1.29, 1.82) is 10.5 Å². The molecule has 128 valence electrons. The molecule has 1 atom stereocenters. The van der Waals surface area contributed by atoms with E-state index in [2.05, 4.69) is 21.6 Å². The number of nitriles is 2. The van der Waals surface area contributed by atoms with E-state index in [0.29, 0.717) is 11.3 Å². The highest BCUT2D eigenvalue weighted by Gasteiger charge is 2.34. The van der Waals surface area contributed by atoms with Crippen molar-refractivity contribution in [3.05, 3.63) is 39.7 Å². The molecule has 0 spiro atoms. The van der Waals surface area contributed by atoms with Crippen molar-refractivity contribution in [2.45, 2.75) is 31.9 Å². The molecule has 2 aromatic heterocycles. The number of rotatable bonds is 3. The van der Waals surface area contributed by atoms with Crippen LogP contribution >= 0.6 is 11.3 Å². The van der Waals surface area contributed by atoms with E-state index in [0.717, 1.165) is 15.1 Å². The third-order valence-corrected chi connectivity index (χ3v) is 5.11. The fourth-order valence-electron chi connectivity index (χ4n) is 2.84. The molecule has 0 aliphatic carbocycles. The fraction of sp³-hybridized carbons (Fsp3) is 0.312. The van der Waals surface area contributed by atoms with E-state index < -0.39 is 18.5 Å². The normalized spacial score (nSPS) is 18.2. The lowest BCUT2D eigenvalue weighted by atomic mass is 9.84. The molecule has 9 heteroatoms. The zero-order chi connectivity index (χ0) is 18.2. The number of fused-ring (bicyclic) bond motifs is 1. The topological polar surface area (TPSA) is 88.3 Å². The molecular formula is C16H12F3N5S. The summed E-state index contributed by atoms with van der Waals surface area (Å²) in [7, 11) is 0. The summed E-state index contributed by atoms with van der Waals surface area (Å²) in [5.74, 6) is -0.662. The molecule has 2 N–H and O–H groups in total. The Hall–Kier alpha value is -2.78. The first-order valence-corrected chi connectivity index (χ1v) is 8.16. The molecule has 0 bridgehead atoms. The molecule has 0 saturated heterocycles. The first-order valence-electron chi connectivity index (χ1n) is 7.34. The highest BCUT2D eigenvalue weighted by atomic mass is 32.1. The maximum atomic E-state index is 12.6. The average molecular weight is 363 g/mol. The van der Waals surface area contributed by atoms with Gasteiger partial charge in [0.05, 0.1) is 45.6 Å². The number of H-pyrrole nitrogens is 1. The van der Waals surface area contributed by atoms with Gasteiger partial charge in [-0.25, -0.2) is 0 Å². The van der Waals surface area contributed by atoms with Crippen LogP contribution in [0.15, 0.2) is 34.8 Å². The average Bonchev–Trinajstić information content (AvgIpc) is 3.12. The predicted octanol–water partition coefficient (Wildman–Crippen LogP) is 4.23. The Kier molecular flexibility index (Phi) is 4.27. The van der Waals surface area contributed by atoms with Gasteiger partial charge in [-0.1, -0.05) is 0 Å². The first kappa shape index (κ1) is 17.1. The lowest BCUT2D eigenvalue weighted by Crippen LogP contribution is -2.25. The van der Waals surface area contributed by atoms with Crippen molar-refractivity contribution in [3.63, 3.8) is 0 Å². The van der Waals surface area contributed by atoms with Crippen LogP contribution in [0.1, 0.15) is 30.6 Å². The van der Waals surface area contributed by atoms with E-state index in [1.54, 1.807) is 19.2 Å². The van der Waals surface area contributed by atoms with E-state index in [4.69, 9.17) is 0 Å². The Bertz CT molecular complexity index is 936. The molecule has 3 rings (SSSR count). The van der Waals surface area contributed by atoms with Gasteiger partial charge in [-0.05, 0) is 19.4 Å². The smallest absolute Gasteiger partial charge is 0.361 e. The number of allylic oxidation sites excluding steroid dienone is 4. The van der Waals surface area contributed by atoms with E-state index >= 15 is 0 Å². The van der Waals surface area contributed by atoms with Gasteiger partial charge in [-0.2, -0.15) is 28.8 Å². The van der Waals surface area contributed by atoms with Gasteiger partial charge in [-0.3, -0.25) is 5.10 Å². The molecule has 25 heavy (non-hydrogen) atoms. The Balaban J connectivity index is 2.08. The molecule has 0 radical (unpaired) electrons. The minimum absolute atomic E-state index is 0.156. The largest absolute Gasteiger partial charge is 0.389 e. The predicted molar refractivity (Wildman–Crippen MR) is 86.1 cm³/mol. The molecule has 5 nitrogen and oxygen atoms in total. The highest BCUT2D eigenvalue weighted by Crippen LogP contribution is 2.42. The summed E-state index contributed by atoms with van der Waals surface area (Å²) in [6.45, 7) is 1.63. The summed E-state index contributed by atoms with van der Waals surface area (Å²) in [6.07, 6.45) is -4.04. The Labute approximate surface area is 145 Å². The van der Waals surface area contributed by atoms with Gasteiger partial charge < -0.3 is 5.32 Å². The number of alkyl halides is 3. The zero-order valence-electron chi connectivity index (χ0n) is 13.0.